The number of amides is 1. The SMILES string of the molecule is CC(C)c1ccc(NC(=O)CNCCCN(C)C)cc1. The summed E-state index contributed by atoms with van der Waals surface area (Å²) in [7, 11) is 4.10. The molecule has 112 valence electrons. The highest BCUT2D eigenvalue weighted by Gasteiger charge is 2.03. The molecule has 0 saturated carbocycles. The van der Waals surface area contributed by atoms with Gasteiger partial charge in [-0.1, -0.05) is 26.0 Å². The number of benzene rings is 1. The average molecular weight is 277 g/mol. The summed E-state index contributed by atoms with van der Waals surface area (Å²) in [4.78, 5) is 13.9. The molecule has 4 nitrogen and oxygen atoms in total. The molecule has 0 bridgehead atoms. The maximum atomic E-state index is 11.7. The van der Waals surface area contributed by atoms with Crippen molar-refractivity contribution >= 4 is 11.6 Å². The Balaban J connectivity index is 2.25. The van der Waals surface area contributed by atoms with Crippen LogP contribution in [0.1, 0.15) is 31.7 Å². The molecule has 0 fully saturated rings. The molecule has 0 aliphatic rings. The summed E-state index contributed by atoms with van der Waals surface area (Å²) in [5.74, 6) is 0.519. The van der Waals surface area contributed by atoms with E-state index in [1.165, 1.54) is 5.56 Å². The number of hydrogen-bond donors (Lipinski definition) is 2. The summed E-state index contributed by atoms with van der Waals surface area (Å²) in [5, 5.41) is 6.05. The highest BCUT2D eigenvalue weighted by molar-refractivity contribution is 5.92. The molecule has 1 amide bonds. The summed E-state index contributed by atoms with van der Waals surface area (Å²) in [5.41, 5.74) is 2.14. The van der Waals surface area contributed by atoms with Gasteiger partial charge < -0.3 is 15.5 Å². The maximum absolute atomic E-state index is 11.7. The topological polar surface area (TPSA) is 44.4 Å². The first kappa shape index (κ1) is 16.7. The Labute approximate surface area is 122 Å². The molecule has 0 saturated heterocycles. The van der Waals surface area contributed by atoms with Crippen molar-refractivity contribution in [3.63, 3.8) is 0 Å². The van der Waals surface area contributed by atoms with E-state index in [9.17, 15) is 4.79 Å². The van der Waals surface area contributed by atoms with Crippen molar-refractivity contribution in [3.8, 4) is 0 Å². The lowest BCUT2D eigenvalue weighted by atomic mass is 10.0. The quantitative estimate of drug-likeness (QED) is 0.717. The van der Waals surface area contributed by atoms with Gasteiger partial charge in [0, 0.05) is 5.69 Å². The van der Waals surface area contributed by atoms with Crippen LogP contribution in [0.3, 0.4) is 0 Å². The van der Waals surface area contributed by atoms with Crippen LogP contribution in [0.2, 0.25) is 0 Å². The van der Waals surface area contributed by atoms with Gasteiger partial charge in [-0.05, 0) is 57.2 Å². The Hall–Kier alpha value is -1.39. The van der Waals surface area contributed by atoms with Crippen molar-refractivity contribution in [3.05, 3.63) is 29.8 Å². The minimum Gasteiger partial charge on any atom is -0.325 e. The van der Waals surface area contributed by atoms with Gasteiger partial charge in [0.25, 0.3) is 0 Å². The third-order valence-electron chi connectivity index (χ3n) is 3.11. The van der Waals surface area contributed by atoms with E-state index in [4.69, 9.17) is 0 Å². The molecule has 2 N–H and O–H groups in total. The van der Waals surface area contributed by atoms with Crippen LogP contribution in [0, 0.1) is 0 Å². The minimum atomic E-state index is 0.00662. The first-order valence-electron chi connectivity index (χ1n) is 7.24. The first-order chi connectivity index (χ1) is 9.49. The van der Waals surface area contributed by atoms with Gasteiger partial charge in [0.05, 0.1) is 6.54 Å². The third kappa shape index (κ3) is 6.68. The molecule has 0 spiro atoms. The second-order valence-electron chi connectivity index (χ2n) is 5.66. The van der Waals surface area contributed by atoms with Gasteiger partial charge in [0.15, 0.2) is 0 Å². The molecule has 0 aliphatic heterocycles. The predicted octanol–water partition coefficient (Wildman–Crippen LogP) is 2.29. The number of carbonyl (C=O) groups is 1. The number of carbonyl (C=O) groups excluding carboxylic acids is 1. The Bertz CT molecular complexity index is 399. The van der Waals surface area contributed by atoms with E-state index in [-0.39, 0.29) is 5.91 Å². The lowest BCUT2D eigenvalue weighted by Crippen LogP contribution is -2.30. The van der Waals surface area contributed by atoms with Gasteiger partial charge in [-0.15, -0.1) is 0 Å². The fourth-order valence-corrected chi connectivity index (χ4v) is 1.88. The van der Waals surface area contributed by atoms with Crippen molar-refractivity contribution in [1.82, 2.24) is 10.2 Å². The molecular formula is C16H27N3O. The Morgan fingerprint density at radius 2 is 1.85 bits per heavy atom. The van der Waals surface area contributed by atoms with Crippen molar-refractivity contribution in [2.75, 3.05) is 39.0 Å². The van der Waals surface area contributed by atoms with Gasteiger partial charge in [-0.2, -0.15) is 0 Å². The van der Waals surface area contributed by atoms with E-state index in [1.54, 1.807) is 0 Å². The maximum Gasteiger partial charge on any atom is 0.238 e. The number of hydrogen-bond acceptors (Lipinski definition) is 3. The molecule has 20 heavy (non-hydrogen) atoms. The molecule has 0 radical (unpaired) electrons. The van der Waals surface area contributed by atoms with Gasteiger partial charge in [-0.25, -0.2) is 0 Å². The molecular weight excluding hydrogens is 250 g/mol. The zero-order valence-electron chi connectivity index (χ0n) is 13.1. The van der Waals surface area contributed by atoms with Crippen molar-refractivity contribution in [2.24, 2.45) is 0 Å². The van der Waals surface area contributed by atoms with E-state index in [1.807, 2.05) is 26.2 Å². The van der Waals surface area contributed by atoms with Gasteiger partial charge >= 0.3 is 0 Å². The highest BCUT2D eigenvalue weighted by atomic mass is 16.1. The zero-order chi connectivity index (χ0) is 15.0. The molecule has 4 heteroatoms. The zero-order valence-corrected chi connectivity index (χ0v) is 13.1. The molecule has 0 atom stereocenters. The number of anilines is 1. The smallest absolute Gasteiger partial charge is 0.238 e. The van der Waals surface area contributed by atoms with Crippen molar-refractivity contribution in [1.29, 1.82) is 0 Å². The monoisotopic (exact) mass is 277 g/mol. The van der Waals surface area contributed by atoms with Crippen LogP contribution in [0.15, 0.2) is 24.3 Å². The number of rotatable bonds is 8. The van der Waals surface area contributed by atoms with Crippen LogP contribution >= 0.6 is 0 Å². The second-order valence-corrected chi connectivity index (χ2v) is 5.66. The highest BCUT2D eigenvalue weighted by Crippen LogP contribution is 2.16. The molecule has 0 unspecified atom stereocenters. The summed E-state index contributed by atoms with van der Waals surface area (Å²) in [6, 6.07) is 8.04. The van der Waals surface area contributed by atoms with Gasteiger partial charge in [0.1, 0.15) is 0 Å². The predicted molar refractivity (Wildman–Crippen MR) is 85.2 cm³/mol. The third-order valence-corrected chi connectivity index (χ3v) is 3.11. The molecule has 0 heterocycles. The van der Waals surface area contributed by atoms with Crippen LogP contribution in [-0.2, 0) is 4.79 Å². The standard InChI is InChI=1S/C16H27N3O/c1-13(2)14-6-8-15(9-7-14)18-16(20)12-17-10-5-11-19(3)4/h6-9,13,17H,5,10-12H2,1-4H3,(H,18,20). The van der Waals surface area contributed by atoms with E-state index in [0.717, 1.165) is 25.2 Å². The van der Waals surface area contributed by atoms with Gasteiger partial charge in [0.2, 0.25) is 5.91 Å². The number of nitrogens with zero attached hydrogens (tertiary/aromatic N) is 1. The molecule has 1 aromatic carbocycles. The summed E-state index contributed by atoms with van der Waals surface area (Å²) >= 11 is 0. The molecule has 0 aliphatic carbocycles. The fraction of sp³-hybridized carbons (Fsp3) is 0.562. The first-order valence-corrected chi connectivity index (χ1v) is 7.24. The summed E-state index contributed by atoms with van der Waals surface area (Å²) in [6.07, 6.45) is 1.05. The van der Waals surface area contributed by atoms with E-state index < -0.39 is 0 Å². The van der Waals surface area contributed by atoms with E-state index in [0.29, 0.717) is 12.5 Å². The van der Waals surface area contributed by atoms with Crippen molar-refractivity contribution in [2.45, 2.75) is 26.2 Å². The lowest BCUT2D eigenvalue weighted by molar-refractivity contribution is -0.115. The van der Waals surface area contributed by atoms with Crippen LogP contribution in [-0.4, -0.2) is 44.5 Å². The Morgan fingerprint density at radius 3 is 2.40 bits per heavy atom. The molecule has 0 aromatic heterocycles. The van der Waals surface area contributed by atoms with Gasteiger partial charge in [-0.3, -0.25) is 4.79 Å². The fourth-order valence-electron chi connectivity index (χ4n) is 1.88. The number of nitrogens with one attached hydrogen (secondary N) is 2. The second kappa shape index (κ2) is 8.72. The average Bonchev–Trinajstić information content (AvgIpc) is 2.38. The largest absolute Gasteiger partial charge is 0.325 e. The van der Waals surface area contributed by atoms with Crippen LogP contribution in [0.4, 0.5) is 5.69 Å². The van der Waals surface area contributed by atoms with Crippen molar-refractivity contribution < 1.29 is 4.79 Å². The Morgan fingerprint density at radius 1 is 1.20 bits per heavy atom. The minimum absolute atomic E-state index is 0.00662. The van der Waals surface area contributed by atoms with Crippen LogP contribution in [0.25, 0.3) is 0 Å². The molecule has 1 aromatic rings. The Kier molecular flexibility index (Phi) is 7.26. The summed E-state index contributed by atoms with van der Waals surface area (Å²) in [6.45, 7) is 6.57. The lowest BCUT2D eigenvalue weighted by Gasteiger charge is -2.10. The van der Waals surface area contributed by atoms with Crippen LogP contribution in [0.5, 0.6) is 0 Å². The normalized spacial score (nSPS) is 11.1. The van der Waals surface area contributed by atoms with E-state index in [2.05, 4.69) is 41.5 Å². The van der Waals surface area contributed by atoms with Crippen LogP contribution < -0.4 is 10.6 Å². The van der Waals surface area contributed by atoms with E-state index >= 15 is 0 Å². The molecule has 1 rings (SSSR count). The summed E-state index contributed by atoms with van der Waals surface area (Å²) < 4.78 is 0.